The molecule has 1 saturated heterocycles. The van der Waals surface area contributed by atoms with Gasteiger partial charge in [0.25, 0.3) is 0 Å². The minimum absolute atomic E-state index is 0.144. The molecule has 3 rings (SSSR count). The van der Waals surface area contributed by atoms with Crippen LogP contribution >= 0.6 is 0 Å². The van der Waals surface area contributed by atoms with E-state index in [0.29, 0.717) is 6.42 Å². The Morgan fingerprint density at radius 1 is 0.947 bits per heavy atom. The van der Waals surface area contributed by atoms with E-state index in [1.165, 1.54) is 0 Å². The number of cyclic esters (lactones) is 1. The lowest BCUT2D eigenvalue weighted by molar-refractivity contribution is -0.142. The molecule has 0 saturated carbocycles. The van der Waals surface area contributed by atoms with Crippen LogP contribution in [-0.2, 0) is 9.53 Å². The van der Waals surface area contributed by atoms with Crippen molar-refractivity contribution in [3.8, 4) is 0 Å². The summed E-state index contributed by atoms with van der Waals surface area (Å²) < 4.78 is 5.43. The summed E-state index contributed by atoms with van der Waals surface area (Å²) in [5.41, 5.74) is 1.99. The maximum Gasteiger partial charge on any atom is 0.329 e. The van der Waals surface area contributed by atoms with Gasteiger partial charge in [0.1, 0.15) is 12.1 Å². The lowest BCUT2D eigenvalue weighted by atomic mass is 10.0. The van der Waals surface area contributed by atoms with E-state index in [2.05, 4.69) is 5.32 Å². The van der Waals surface area contributed by atoms with Crippen LogP contribution in [0.3, 0.4) is 0 Å². The van der Waals surface area contributed by atoms with Crippen LogP contribution in [0.15, 0.2) is 60.7 Å². The van der Waals surface area contributed by atoms with Gasteiger partial charge in [-0.2, -0.15) is 0 Å². The Bertz CT molecular complexity index is 553. The fourth-order valence-corrected chi connectivity index (χ4v) is 2.31. The van der Waals surface area contributed by atoms with Gasteiger partial charge in [0.15, 0.2) is 0 Å². The summed E-state index contributed by atoms with van der Waals surface area (Å²) in [5, 5.41) is 3.22. The minimum Gasteiger partial charge on any atom is -0.456 e. The molecule has 2 unspecified atom stereocenters. The molecule has 3 nitrogen and oxygen atoms in total. The van der Waals surface area contributed by atoms with E-state index in [4.69, 9.17) is 4.74 Å². The zero-order valence-corrected chi connectivity index (χ0v) is 10.5. The van der Waals surface area contributed by atoms with Gasteiger partial charge in [-0.3, -0.25) is 0 Å². The number of anilines is 1. The molecule has 0 radical (unpaired) electrons. The first-order chi connectivity index (χ1) is 9.33. The van der Waals surface area contributed by atoms with Crippen LogP contribution in [-0.4, -0.2) is 12.0 Å². The standard InChI is InChI=1S/C16H15NO2/c18-16-14(17-13-9-5-2-6-10-13)11-15(19-16)12-7-3-1-4-8-12/h1-10,14-15,17H,11H2. The minimum atomic E-state index is -0.271. The average Bonchev–Trinajstić information content (AvgIpc) is 2.82. The number of nitrogens with one attached hydrogen (secondary N) is 1. The number of esters is 1. The molecule has 1 aliphatic heterocycles. The smallest absolute Gasteiger partial charge is 0.329 e. The van der Waals surface area contributed by atoms with Crippen LogP contribution in [0.1, 0.15) is 18.1 Å². The third-order valence-corrected chi connectivity index (χ3v) is 3.28. The third-order valence-electron chi connectivity index (χ3n) is 3.28. The van der Waals surface area contributed by atoms with Crippen molar-refractivity contribution in [2.45, 2.75) is 18.6 Å². The van der Waals surface area contributed by atoms with Gasteiger partial charge in [0, 0.05) is 12.1 Å². The van der Waals surface area contributed by atoms with Crippen LogP contribution in [0.2, 0.25) is 0 Å². The van der Waals surface area contributed by atoms with E-state index in [-0.39, 0.29) is 18.1 Å². The van der Waals surface area contributed by atoms with E-state index < -0.39 is 0 Å². The molecular formula is C16H15NO2. The van der Waals surface area contributed by atoms with Crippen LogP contribution < -0.4 is 5.32 Å². The van der Waals surface area contributed by atoms with Crippen molar-refractivity contribution in [1.82, 2.24) is 0 Å². The molecule has 1 heterocycles. The molecular weight excluding hydrogens is 238 g/mol. The summed E-state index contributed by atoms with van der Waals surface area (Å²) in [6.07, 6.45) is 0.521. The first-order valence-corrected chi connectivity index (χ1v) is 6.40. The lowest BCUT2D eigenvalue weighted by Gasteiger charge is -2.10. The van der Waals surface area contributed by atoms with E-state index in [0.717, 1.165) is 11.3 Å². The average molecular weight is 253 g/mol. The summed E-state index contributed by atoms with van der Waals surface area (Å²) in [6, 6.07) is 19.3. The van der Waals surface area contributed by atoms with Gasteiger partial charge in [-0.15, -0.1) is 0 Å². The second-order valence-corrected chi connectivity index (χ2v) is 4.63. The summed E-state index contributed by atoms with van der Waals surface area (Å²) >= 11 is 0. The quantitative estimate of drug-likeness (QED) is 0.854. The van der Waals surface area contributed by atoms with Gasteiger partial charge in [0.2, 0.25) is 0 Å². The fourth-order valence-electron chi connectivity index (χ4n) is 2.31. The summed E-state index contributed by atoms with van der Waals surface area (Å²) in [5.74, 6) is -0.183. The first-order valence-electron chi connectivity index (χ1n) is 6.40. The Kier molecular flexibility index (Phi) is 3.19. The Morgan fingerprint density at radius 3 is 2.26 bits per heavy atom. The van der Waals surface area contributed by atoms with Gasteiger partial charge in [-0.05, 0) is 17.7 Å². The highest BCUT2D eigenvalue weighted by Crippen LogP contribution is 2.31. The van der Waals surface area contributed by atoms with Crippen molar-refractivity contribution < 1.29 is 9.53 Å². The van der Waals surface area contributed by atoms with E-state index >= 15 is 0 Å². The fraction of sp³-hybridized carbons (Fsp3) is 0.188. The molecule has 0 amide bonds. The maximum absolute atomic E-state index is 11.9. The number of benzene rings is 2. The monoisotopic (exact) mass is 253 g/mol. The molecule has 1 fully saturated rings. The molecule has 0 aliphatic carbocycles. The predicted molar refractivity (Wildman–Crippen MR) is 73.7 cm³/mol. The van der Waals surface area contributed by atoms with Crippen molar-refractivity contribution >= 4 is 11.7 Å². The van der Waals surface area contributed by atoms with E-state index in [1.54, 1.807) is 0 Å². The SMILES string of the molecule is O=C1OC(c2ccccc2)CC1Nc1ccccc1. The molecule has 19 heavy (non-hydrogen) atoms. The maximum atomic E-state index is 11.9. The van der Waals surface area contributed by atoms with Gasteiger partial charge in [-0.25, -0.2) is 4.79 Å². The molecule has 0 aromatic heterocycles. The largest absolute Gasteiger partial charge is 0.456 e. The highest BCUT2D eigenvalue weighted by molar-refractivity contribution is 5.81. The molecule has 1 N–H and O–H groups in total. The van der Waals surface area contributed by atoms with Crippen LogP contribution in [0.25, 0.3) is 0 Å². The third kappa shape index (κ3) is 2.60. The number of carbonyl (C=O) groups is 1. The number of hydrogen-bond acceptors (Lipinski definition) is 3. The van der Waals surface area contributed by atoms with Crippen molar-refractivity contribution in [3.05, 3.63) is 66.2 Å². The van der Waals surface area contributed by atoms with Crippen molar-refractivity contribution in [3.63, 3.8) is 0 Å². The molecule has 2 aromatic rings. The summed E-state index contributed by atoms with van der Waals surface area (Å²) in [6.45, 7) is 0. The highest BCUT2D eigenvalue weighted by atomic mass is 16.6. The van der Waals surface area contributed by atoms with E-state index in [1.807, 2.05) is 60.7 Å². The topological polar surface area (TPSA) is 38.3 Å². The molecule has 2 aromatic carbocycles. The Balaban J connectivity index is 1.71. The van der Waals surface area contributed by atoms with Crippen LogP contribution in [0, 0.1) is 0 Å². The zero-order valence-electron chi connectivity index (χ0n) is 10.5. The van der Waals surface area contributed by atoms with Crippen LogP contribution in [0.4, 0.5) is 5.69 Å². The van der Waals surface area contributed by atoms with Crippen LogP contribution in [0.5, 0.6) is 0 Å². The molecule has 96 valence electrons. The Morgan fingerprint density at radius 2 is 1.58 bits per heavy atom. The lowest BCUT2D eigenvalue weighted by Crippen LogP contribution is -2.24. The molecule has 0 spiro atoms. The number of rotatable bonds is 3. The number of carbonyl (C=O) groups excluding carboxylic acids is 1. The van der Waals surface area contributed by atoms with Gasteiger partial charge in [-0.1, -0.05) is 48.5 Å². The summed E-state index contributed by atoms with van der Waals surface area (Å²) in [7, 11) is 0. The predicted octanol–water partition coefficient (Wildman–Crippen LogP) is 3.16. The Hall–Kier alpha value is -2.29. The molecule has 0 bridgehead atoms. The van der Waals surface area contributed by atoms with Gasteiger partial charge >= 0.3 is 5.97 Å². The first kappa shape index (κ1) is 11.8. The van der Waals surface area contributed by atoms with Crippen molar-refractivity contribution in [2.24, 2.45) is 0 Å². The van der Waals surface area contributed by atoms with Gasteiger partial charge < -0.3 is 10.1 Å². The number of ether oxygens (including phenoxy) is 1. The second-order valence-electron chi connectivity index (χ2n) is 4.63. The van der Waals surface area contributed by atoms with Gasteiger partial charge in [0.05, 0.1) is 0 Å². The normalized spacial score (nSPS) is 22.0. The molecule has 2 atom stereocenters. The second kappa shape index (κ2) is 5.14. The molecule has 3 heteroatoms. The zero-order chi connectivity index (χ0) is 13.1. The van der Waals surface area contributed by atoms with Crippen molar-refractivity contribution in [1.29, 1.82) is 0 Å². The summed E-state index contributed by atoms with van der Waals surface area (Å²) in [4.78, 5) is 11.9. The molecule has 1 aliphatic rings. The van der Waals surface area contributed by atoms with Crippen molar-refractivity contribution in [2.75, 3.05) is 5.32 Å². The Labute approximate surface area is 112 Å². The number of para-hydroxylation sites is 1. The van der Waals surface area contributed by atoms with E-state index in [9.17, 15) is 4.79 Å². The highest BCUT2D eigenvalue weighted by Gasteiger charge is 2.35. The number of hydrogen-bond donors (Lipinski definition) is 1.